The van der Waals surface area contributed by atoms with Crippen molar-refractivity contribution in [1.29, 1.82) is 0 Å². The SMILES string of the molecule is C.c1ccc(C2CCCCC23CC3)cc1. The Labute approximate surface area is 93.7 Å². The van der Waals surface area contributed by atoms with E-state index in [1.54, 1.807) is 5.56 Å². The maximum absolute atomic E-state index is 2.33. The molecule has 0 amide bonds. The molecule has 0 saturated heterocycles. The molecule has 0 aliphatic heterocycles. The molecule has 2 aliphatic rings. The standard InChI is InChI=1S/C14H18.CH4/c1-2-6-12(7-3-1)13-8-4-5-9-14(13)10-11-14;/h1-3,6-7,13H,4-5,8-11H2;1H4. The number of rotatable bonds is 1. The Bertz CT molecular complexity index is 308. The highest BCUT2D eigenvalue weighted by molar-refractivity contribution is 5.25. The minimum atomic E-state index is 0. The first-order chi connectivity index (χ1) is 6.91. The molecule has 82 valence electrons. The molecule has 1 spiro atoms. The van der Waals surface area contributed by atoms with Gasteiger partial charge in [-0.2, -0.15) is 0 Å². The summed E-state index contributed by atoms with van der Waals surface area (Å²) in [6, 6.07) is 11.2. The summed E-state index contributed by atoms with van der Waals surface area (Å²) < 4.78 is 0. The first-order valence-corrected chi connectivity index (χ1v) is 5.96. The number of hydrogen-bond acceptors (Lipinski definition) is 0. The van der Waals surface area contributed by atoms with Gasteiger partial charge in [-0.05, 0) is 42.6 Å². The minimum absolute atomic E-state index is 0. The lowest BCUT2D eigenvalue weighted by atomic mass is 9.73. The van der Waals surface area contributed by atoms with E-state index in [0.29, 0.717) is 0 Å². The van der Waals surface area contributed by atoms with Crippen LogP contribution >= 0.6 is 0 Å². The molecule has 2 saturated carbocycles. The highest BCUT2D eigenvalue weighted by Crippen LogP contribution is 2.63. The fourth-order valence-corrected chi connectivity index (χ4v) is 3.27. The van der Waals surface area contributed by atoms with E-state index < -0.39 is 0 Å². The highest BCUT2D eigenvalue weighted by Gasteiger charge is 2.50. The maximum atomic E-state index is 2.33. The van der Waals surface area contributed by atoms with Crippen molar-refractivity contribution in [1.82, 2.24) is 0 Å². The van der Waals surface area contributed by atoms with Gasteiger partial charge < -0.3 is 0 Å². The van der Waals surface area contributed by atoms with Crippen LogP contribution in [0.2, 0.25) is 0 Å². The van der Waals surface area contributed by atoms with Gasteiger partial charge in [-0.25, -0.2) is 0 Å². The Kier molecular flexibility index (Phi) is 2.86. The zero-order chi connectivity index (χ0) is 9.43. The van der Waals surface area contributed by atoms with E-state index in [2.05, 4.69) is 30.3 Å². The summed E-state index contributed by atoms with van der Waals surface area (Å²) in [5.74, 6) is 0.887. The summed E-state index contributed by atoms with van der Waals surface area (Å²) in [7, 11) is 0. The van der Waals surface area contributed by atoms with Crippen LogP contribution in [0.15, 0.2) is 30.3 Å². The summed E-state index contributed by atoms with van der Waals surface area (Å²) in [5, 5.41) is 0. The molecule has 2 fully saturated rings. The first kappa shape index (κ1) is 10.7. The fourth-order valence-electron chi connectivity index (χ4n) is 3.27. The van der Waals surface area contributed by atoms with Crippen LogP contribution in [-0.2, 0) is 0 Å². The zero-order valence-electron chi connectivity index (χ0n) is 8.71. The third-order valence-electron chi connectivity index (χ3n) is 4.25. The third kappa shape index (κ3) is 1.82. The van der Waals surface area contributed by atoms with Crippen molar-refractivity contribution in [2.75, 3.05) is 0 Å². The Morgan fingerprint density at radius 1 is 0.933 bits per heavy atom. The van der Waals surface area contributed by atoms with Crippen molar-refractivity contribution in [3.63, 3.8) is 0 Å². The van der Waals surface area contributed by atoms with Crippen molar-refractivity contribution >= 4 is 0 Å². The summed E-state index contributed by atoms with van der Waals surface area (Å²) in [6.07, 6.45) is 8.83. The van der Waals surface area contributed by atoms with E-state index in [-0.39, 0.29) is 7.43 Å². The van der Waals surface area contributed by atoms with Crippen molar-refractivity contribution in [3.8, 4) is 0 Å². The average molecular weight is 202 g/mol. The lowest BCUT2D eigenvalue weighted by Gasteiger charge is -2.32. The summed E-state index contributed by atoms with van der Waals surface area (Å²) in [4.78, 5) is 0. The minimum Gasteiger partial charge on any atom is -0.0776 e. The van der Waals surface area contributed by atoms with Crippen LogP contribution in [0.1, 0.15) is 57.4 Å². The molecule has 0 heterocycles. The van der Waals surface area contributed by atoms with E-state index in [4.69, 9.17) is 0 Å². The molecule has 0 radical (unpaired) electrons. The van der Waals surface area contributed by atoms with Gasteiger partial charge in [0.15, 0.2) is 0 Å². The summed E-state index contributed by atoms with van der Waals surface area (Å²) in [5.41, 5.74) is 2.35. The maximum Gasteiger partial charge on any atom is -0.0105 e. The van der Waals surface area contributed by atoms with E-state index in [1.165, 1.54) is 38.5 Å². The Morgan fingerprint density at radius 2 is 1.67 bits per heavy atom. The molecule has 3 rings (SSSR count). The van der Waals surface area contributed by atoms with Crippen molar-refractivity contribution in [3.05, 3.63) is 35.9 Å². The summed E-state index contributed by atoms with van der Waals surface area (Å²) in [6.45, 7) is 0. The van der Waals surface area contributed by atoms with Crippen LogP contribution < -0.4 is 0 Å². The average Bonchev–Trinajstić information content (AvgIpc) is 3.01. The van der Waals surface area contributed by atoms with Crippen molar-refractivity contribution in [2.24, 2.45) is 5.41 Å². The number of hydrogen-bond donors (Lipinski definition) is 0. The van der Waals surface area contributed by atoms with Crippen LogP contribution in [0.3, 0.4) is 0 Å². The lowest BCUT2D eigenvalue weighted by molar-refractivity contribution is 0.284. The van der Waals surface area contributed by atoms with Crippen LogP contribution in [-0.4, -0.2) is 0 Å². The molecular formula is C15H22. The molecule has 1 unspecified atom stereocenters. The molecular weight excluding hydrogens is 180 g/mol. The second kappa shape index (κ2) is 4.00. The van der Waals surface area contributed by atoms with Crippen LogP contribution in [0, 0.1) is 5.41 Å². The molecule has 0 aromatic heterocycles. The largest absolute Gasteiger partial charge is 0.0776 e. The van der Waals surface area contributed by atoms with Gasteiger partial charge in [0.1, 0.15) is 0 Å². The van der Waals surface area contributed by atoms with Crippen molar-refractivity contribution < 1.29 is 0 Å². The second-order valence-corrected chi connectivity index (χ2v) is 5.07. The molecule has 0 bridgehead atoms. The van der Waals surface area contributed by atoms with E-state index in [0.717, 1.165) is 11.3 Å². The molecule has 1 atom stereocenters. The van der Waals surface area contributed by atoms with E-state index >= 15 is 0 Å². The Morgan fingerprint density at radius 3 is 2.33 bits per heavy atom. The van der Waals surface area contributed by atoms with E-state index in [1.807, 2.05) is 0 Å². The lowest BCUT2D eigenvalue weighted by Crippen LogP contribution is -2.18. The van der Waals surface area contributed by atoms with Gasteiger partial charge in [0.05, 0.1) is 0 Å². The smallest absolute Gasteiger partial charge is 0.0105 e. The molecule has 2 aliphatic carbocycles. The molecule has 15 heavy (non-hydrogen) atoms. The topological polar surface area (TPSA) is 0 Å². The quantitative estimate of drug-likeness (QED) is 0.616. The van der Waals surface area contributed by atoms with Gasteiger partial charge in [-0.3, -0.25) is 0 Å². The zero-order valence-corrected chi connectivity index (χ0v) is 8.71. The summed E-state index contributed by atoms with van der Waals surface area (Å²) >= 11 is 0. The monoisotopic (exact) mass is 202 g/mol. The third-order valence-corrected chi connectivity index (χ3v) is 4.25. The van der Waals surface area contributed by atoms with Crippen LogP contribution in [0.4, 0.5) is 0 Å². The Balaban J connectivity index is 0.000000853. The van der Waals surface area contributed by atoms with Gasteiger partial charge >= 0.3 is 0 Å². The van der Waals surface area contributed by atoms with Gasteiger partial charge in [0.25, 0.3) is 0 Å². The van der Waals surface area contributed by atoms with Gasteiger partial charge in [0, 0.05) is 0 Å². The van der Waals surface area contributed by atoms with Gasteiger partial charge in [-0.1, -0.05) is 50.6 Å². The predicted molar refractivity (Wildman–Crippen MR) is 66.0 cm³/mol. The molecule has 0 heteroatoms. The van der Waals surface area contributed by atoms with E-state index in [9.17, 15) is 0 Å². The molecule has 0 N–H and O–H groups in total. The second-order valence-electron chi connectivity index (χ2n) is 5.07. The first-order valence-electron chi connectivity index (χ1n) is 5.96. The number of benzene rings is 1. The fraction of sp³-hybridized carbons (Fsp3) is 0.600. The Hall–Kier alpha value is -0.780. The van der Waals surface area contributed by atoms with Crippen molar-refractivity contribution in [2.45, 2.75) is 51.9 Å². The highest BCUT2D eigenvalue weighted by atomic mass is 14.5. The predicted octanol–water partition coefficient (Wildman–Crippen LogP) is 4.76. The van der Waals surface area contributed by atoms with Crippen LogP contribution in [0.5, 0.6) is 0 Å². The molecule has 1 aromatic rings. The normalized spacial score (nSPS) is 27.1. The molecule has 1 aromatic carbocycles. The van der Waals surface area contributed by atoms with Gasteiger partial charge in [-0.15, -0.1) is 0 Å². The van der Waals surface area contributed by atoms with Crippen LogP contribution in [0.25, 0.3) is 0 Å². The van der Waals surface area contributed by atoms with Gasteiger partial charge in [0.2, 0.25) is 0 Å². The molecule has 0 nitrogen and oxygen atoms in total.